The van der Waals surface area contributed by atoms with Crippen LogP contribution in [0.3, 0.4) is 0 Å². The Bertz CT molecular complexity index is 1420. The highest BCUT2D eigenvalue weighted by molar-refractivity contribution is 5.95. The number of fused-ring (bicyclic) bond motifs is 1. The molecule has 0 amide bonds. The van der Waals surface area contributed by atoms with Crippen LogP contribution in [0, 0.1) is 0 Å². The maximum Gasteiger partial charge on any atom is 0.361 e. The van der Waals surface area contributed by atoms with Gasteiger partial charge in [0.1, 0.15) is 11.9 Å². The topological polar surface area (TPSA) is 49.0 Å². The second-order valence-corrected chi connectivity index (χ2v) is 8.91. The van der Waals surface area contributed by atoms with Gasteiger partial charge in [-0.05, 0) is 50.6 Å². The van der Waals surface area contributed by atoms with E-state index >= 15 is 0 Å². The lowest BCUT2D eigenvalue weighted by Crippen LogP contribution is -2.25. The number of para-hydroxylation sites is 2. The van der Waals surface area contributed by atoms with Gasteiger partial charge in [-0.3, -0.25) is 9.13 Å². The van der Waals surface area contributed by atoms with Gasteiger partial charge in [-0.2, -0.15) is 0 Å². The van der Waals surface area contributed by atoms with Crippen molar-refractivity contribution in [2.24, 2.45) is 0 Å². The van der Waals surface area contributed by atoms with Crippen molar-refractivity contribution < 1.29 is 9.53 Å². The lowest BCUT2D eigenvalue weighted by Gasteiger charge is -2.20. The molecular weight excluding hydrogens is 410 g/mol. The summed E-state index contributed by atoms with van der Waals surface area (Å²) in [5.74, 6) is 0.194. The summed E-state index contributed by atoms with van der Waals surface area (Å²) < 4.78 is 9.78. The van der Waals surface area contributed by atoms with Gasteiger partial charge in [-0.15, -0.1) is 0 Å². The summed E-state index contributed by atoms with van der Waals surface area (Å²) in [5, 5.41) is 1.08. The van der Waals surface area contributed by atoms with Crippen molar-refractivity contribution >= 4 is 16.9 Å². The van der Waals surface area contributed by atoms with Crippen LogP contribution < -0.4 is 0 Å². The Morgan fingerprint density at radius 1 is 0.848 bits per heavy atom. The summed E-state index contributed by atoms with van der Waals surface area (Å²) in [6.45, 7) is 5.58. The maximum absolute atomic E-state index is 13.3. The molecule has 3 aromatic carbocycles. The standard InChI is InChI=1S/C28H25N3O2/c1-28(2,3)33-27(32)25-26(30(19-29-25)22-15-8-5-9-16-22)31-23-17-11-10-14-21(23)18-24(31)20-12-6-4-7-13-20/h4-19H,1-3H3. The van der Waals surface area contributed by atoms with Gasteiger partial charge >= 0.3 is 5.97 Å². The van der Waals surface area contributed by atoms with Gasteiger partial charge in [0.25, 0.3) is 0 Å². The van der Waals surface area contributed by atoms with Crippen molar-refractivity contribution in [1.82, 2.24) is 14.1 Å². The van der Waals surface area contributed by atoms with E-state index in [0.29, 0.717) is 5.82 Å². The molecule has 164 valence electrons. The van der Waals surface area contributed by atoms with Crippen LogP contribution in [0.15, 0.2) is 97.3 Å². The van der Waals surface area contributed by atoms with Crippen molar-refractivity contribution in [3.63, 3.8) is 0 Å². The number of carbonyl (C=O) groups is 1. The molecule has 0 aliphatic rings. The molecular formula is C28H25N3O2. The quantitative estimate of drug-likeness (QED) is 0.305. The molecule has 2 heterocycles. The van der Waals surface area contributed by atoms with Gasteiger partial charge in [-0.1, -0.05) is 66.7 Å². The Kier molecular flexibility index (Phi) is 5.09. The molecule has 5 nitrogen and oxygen atoms in total. The molecule has 5 heteroatoms. The number of rotatable bonds is 4. The molecule has 0 saturated heterocycles. The van der Waals surface area contributed by atoms with Crippen molar-refractivity contribution in [3.8, 4) is 22.8 Å². The van der Waals surface area contributed by atoms with E-state index in [-0.39, 0.29) is 5.69 Å². The monoisotopic (exact) mass is 435 g/mol. The summed E-state index contributed by atoms with van der Waals surface area (Å²) in [7, 11) is 0. The molecule has 0 unspecified atom stereocenters. The first kappa shape index (κ1) is 20.8. The Hall–Kier alpha value is -4.12. The first-order valence-electron chi connectivity index (χ1n) is 10.9. The minimum Gasteiger partial charge on any atom is -0.455 e. The zero-order chi connectivity index (χ0) is 23.0. The highest BCUT2D eigenvalue weighted by Gasteiger charge is 2.28. The van der Waals surface area contributed by atoms with E-state index in [9.17, 15) is 4.79 Å². The van der Waals surface area contributed by atoms with Gasteiger partial charge in [0.2, 0.25) is 0 Å². The van der Waals surface area contributed by atoms with Crippen LogP contribution in [-0.2, 0) is 4.74 Å². The molecule has 0 spiro atoms. The zero-order valence-electron chi connectivity index (χ0n) is 18.9. The molecule has 0 aliphatic carbocycles. The summed E-state index contributed by atoms with van der Waals surface area (Å²) in [4.78, 5) is 17.8. The third-order valence-electron chi connectivity index (χ3n) is 5.36. The van der Waals surface area contributed by atoms with Crippen LogP contribution >= 0.6 is 0 Å². The van der Waals surface area contributed by atoms with Crippen molar-refractivity contribution in [1.29, 1.82) is 0 Å². The normalized spacial score (nSPS) is 11.6. The number of aromatic nitrogens is 3. The van der Waals surface area contributed by atoms with E-state index < -0.39 is 11.6 Å². The predicted octanol–water partition coefficient (Wildman–Crippen LogP) is 6.44. The zero-order valence-corrected chi connectivity index (χ0v) is 18.9. The van der Waals surface area contributed by atoms with Gasteiger partial charge in [-0.25, -0.2) is 9.78 Å². The van der Waals surface area contributed by atoms with Crippen molar-refractivity contribution in [2.75, 3.05) is 0 Å². The minimum absolute atomic E-state index is 0.271. The van der Waals surface area contributed by atoms with Gasteiger partial charge in [0.15, 0.2) is 11.5 Å². The first-order valence-corrected chi connectivity index (χ1v) is 10.9. The Labute approximate surface area is 192 Å². The summed E-state index contributed by atoms with van der Waals surface area (Å²) in [5.41, 5.74) is 3.55. The fourth-order valence-corrected chi connectivity index (χ4v) is 4.01. The van der Waals surface area contributed by atoms with E-state index in [4.69, 9.17) is 4.74 Å². The molecule has 33 heavy (non-hydrogen) atoms. The smallest absolute Gasteiger partial charge is 0.361 e. The van der Waals surface area contributed by atoms with Crippen LogP contribution in [0.4, 0.5) is 0 Å². The first-order chi connectivity index (χ1) is 15.9. The molecule has 0 radical (unpaired) electrons. The number of hydrogen-bond donors (Lipinski definition) is 0. The van der Waals surface area contributed by atoms with Gasteiger partial charge in [0.05, 0.1) is 11.2 Å². The third kappa shape index (κ3) is 3.94. The minimum atomic E-state index is -0.633. The largest absolute Gasteiger partial charge is 0.455 e. The number of nitrogens with zero attached hydrogens (tertiary/aromatic N) is 3. The number of benzene rings is 3. The number of esters is 1. The average Bonchev–Trinajstić information content (AvgIpc) is 3.40. The number of hydrogen-bond acceptors (Lipinski definition) is 3. The lowest BCUT2D eigenvalue weighted by atomic mass is 10.1. The molecule has 0 atom stereocenters. The van der Waals surface area contributed by atoms with Crippen LogP contribution in [-0.4, -0.2) is 25.7 Å². The van der Waals surface area contributed by atoms with Crippen LogP contribution in [0.1, 0.15) is 31.3 Å². The molecule has 0 N–H and O–H groups in total. The summed E-state index contributed by atoms with van der Waals surface area (Å²) in [6.07, 6.45) is 1.69. The second-order valence-electron chi connectivity index (χ2n) is 8.91. The molecule has 5 aromatic rings. The highest BCUT2D eigenvalue weighted by Crippen LogP contribution is 2.34. The van der Waals surface area contributed by atoms with Gasteiger partial charge in [0, 0.05) is 11.1 Å². The van der Waals surface area contributed by atoms with E-state index in [0.717, 1.165) is 27.8 Å². The fourth-order valence-electron chi connectivity index (χ4n) is 4.01. The Balaban J connectivity index is 1.84. The molecule has 0 saturated carbocycles. The molecule has 0 bridgehead atoms. The number of imidazole rings is 1. The number of ether oxygens (including phenoxy) is 1. The molecule has 0 fully saturated rings. The summed E-state index contributed by atoms with van der Waals surface area (Å²) >= 11 is 0. The van der Waals surface area contributed by atoms with E-state index in [1.807, 2.05) is 86.0 Å². The molecule has 5 rings (SSSR count). The van der Waals surface area contributed by atoms with E-state index in [1.54, 1.807) is 6.33 Å². The van der Waals surface area contributed by atoms with Crippen molar-refractivity contribution in [2.45, 2.75) is 26.4 Å². The van der Waals surface area contributed by atoms with Crippen molar-refractivity contribution in [3.05, 3.63) is 103 Å². The summed E-state index contributed by atoms with van der Waals surface area (Å²) in [6, 6.07) is 30.4. The van der Waals surface area contributed by atoms with Gasteiger partial charge < -0.3 is 4.74 Å². The van der Waals surface area contributed by atoms with Crippen LogP contribution in [0.25, 0.3) is 33.7 Å². The second kappa shape index (κ2) is 8.10. The molecule has 0 aliphatic heterocycles. The Morgan fingerprint density at radius 3 is 2.18 bits per heavy atom. The highest BCUT2D eigenvalue weighted by atomic mass is 16.6. The van der Waals surface area contributed by atoms with Crippen LogP contribution in [0.2, 0.25) is 0 Å². The van der Waals surface area contributed by atoms with E-state index in [1.165, 1.54) is 0 Å². The Morgan fingerprint density at radius 2 is 1.48 bits per heavy atom. The molecule has 2 aromatic heterocycles. The average molecular weight is 436 g/mol. The predicted molar refractivity (Wildman–Crippen MR) is 131 cm³/mol. The SMILES string of the molecule is CC(C)(C)OC(=O)c1ncn(-c2ccccc2)c1-n1c(-c2ccccc2)cc2ccccc21. The number of carbonyl (C=O) groups excluding carboxylic acids is 1. The fraction of sp³-hybridized carbons (Fsp3) is 0.143. The lowest BCUT2D eigenvalue weighted by molar-refractivity contribution is 0.00636. The van der Waals surface area contributed by atoms with E-state index in [2.05, 4.69) is 39.9 Å². The van der Waals surface area contributed by atoms with Crippen LogP contribution in [0.5, 0.6) is 0 Å². The maximum atomic E-state index is 13.3. The third-order valence-corrected chi connectivity index (χ3v) is 5.36.